The van der Waals surface area contributed by atoms with Crippen LogP contribution in [0.15, 0.2) is 24.3 Å². The number of hydrogen-bond acceptors (Lipinski definition) is 3. The Kier molecular flexibility index (Phi) is 3.19. The van der Waals surface area contributed by atoms with E-state index in [-0.39, 0.29) is 18.5 Å². The molecule has 1 amide bonds. The quantitative estimate of drug-likeness (QED) is 0.687. The smallest absolute Gasteiger partial charge is 0.302 e. The Hall–Kier alpha value is -1.36. The van der Waals surface area contributed by atoms with Gasteiger partial charge in [-0.25, -0.2) is 0 Å². The Bertz CT molecular complexity index is 475. The first kappa shape index (κ1) is 12.1. The SMILES string of the molecule is CC(=O)OCCC1(Br)C(=O)Nc2ccccc21. The molecule has 4 nitrogen and oxygen atoms in total. The lowest BCUT2D eigenvalue weighted by atomic mass is 9.97. The summed E-state index contributed by atoms with van der Waals surface area (Å²) >= 11 is 3.46. The topological polar surface area (TPSA) is 55.4 Å². The number of ether oxygens (including phenoxy) is 1. The molecule has 1 aromatic carbocycles. The minimum absolute atomic E-state index is 0.120. The van der Waals surface area contributed by atoms with E-state index in [1.165, 1.54) is 6.92 Å². The summed E-state index contributed by atoms with van der Waals surface area (Å²) in [6.45, 7) is 1.56. The molecule has 1 N–H and O–H groups in total. The molecule has 1 atom stereocenters. The third kappa shape index (κ3) is 2.20. The van der Waals surface area contributed by atoms with Gasteiger partial charge in [0.05, 0.1) is 6.61 Å². The number of amides is 1. The van der Waals surface area contributed by atoms with Crippen LogP contribution >= 0.6 is 15.9 Å². The minimum Gasteiger partial charge on any atom is -0.466 e. The number of rotatable bonds is 3. The van der Waals surface area contributed by atoms with Gasteiger partial charge in [-0.2, -0.15) is 0 Å². The van der Waals surface area contributed by atoms with Crippen LogP contribution in [0.3, 0.4) is 0 Å². The third-order valence-corrected chi connectivity index (χ3v) is 3.90. The van der Waals surface area contributed by atoms with Gasteiger partial charge in [-0.1, -0.05) is 34.1 Å². The van der Waals surface area contributed by atoms with Crippen molar-refractivity contribution in [3.63, 3.8) is 0 Å². The first-order chi connectivity index (χ1) is 8.04. The summed E-state index contributed by atoms with van der Waals surface area (Å²) in [7, 11) is 0. The van der Waals surface area contributed by atoms with E-state index < -0.39 is 4.32 Å². The highest BCUT2D eigenvalue weighted by atomic mass is 79.9. The standard InChI is InChI=1S/C12H12BrNO3/c1-8(15)17-7-6-12(13)9-4-2-3-5-10(9)14-11(12)16/h2-5H,6-7H2,1H3,(H,14,16). The number of nitrogens with one attached hydrogen (secondary N) is 1. The molecule has 0 fully saturated rings. The van der Waals surface area contributed by atoms with E-state index in [1.807, 2.05) is 24.3 Å². The molecule has 0 saturated carbocycles. The molecule has 1 unspecified atom stereocenters. The van der Waals surface area contributed by atoms with Crippen molar-refractivity contribution in [2.45, 2.75) is 17.7 Å². The van der Waals surface area contributed by atoms with Crippen LogP contribution < -0.4 is 5.32 Å². The predicted octanol–water partition coefficient (Wildman–Crippen LogP) is 2.18. The number of halogens is 1. The summed E-state index contributed by atoms with van der Waals surface area (Å²) in [5, 5.41) is 2.80. The van der Waals surface area contributed by atoms with Gasteiger partial charge in [0.1, 0.15) is 4.32 Å². The molecule has 1 aromatic rings. The van der Waals surface area contributed by atoms with Crippen molar-refractivity contribution < 1.29 is 14.3 Å². The molecule has 1 aliphatic rings. The Morgan fingerprint density at radius 2 is 2.18 bits per heavy atom. The van der Waals surface area contributed by atoms with Crippen molar-refractivity contribution in [1.29, 1.82) is 0 Å². The molecule has 0 aliphatic carbocycles. The number of carbonyl (C=O) groups is 2. The number of benzene rings is 1. The van der Waals surface area contributed by atoms with Crippen molar-refractivity contribution in [2.75, 3.05) is 11.9 Å². The number of hydrogen-bond donors (Lipinski definition) is 1. The van der Waals surface area contributed by atoms with Gasteiger partial charge in [0.15, 0.2) is 0 Å². The van der Waals surface area contributed by atoms with Gasteiger partial charge in [0.25, 0.3) is 0 Å². The van der Waals surface area contributed by atoms with E-state index in [1.54, 1.807) is 0 Å². The zero-order chi connectivity index (χ0) is 12.5. The van der Waals surface area contributed by atoms with E-state index in [2.05, 4.69) is 21.2 Å². The molecule has 0 bridgehead atoms. The number of fused-ring (bicyclic) bond motifs is 1. The maximum absolute atomic E-state index is 11.9. The zero-order valence-corrected chi connectivity index (χ0v) is 10.9. The van der Waals surface area contributed by atoms with Crippen molar-refractivity contribution >= 4 is 33.5 Å². The second kappa shape index (κ2) is 4.49. The second-order valence-electron chi connectivity index (χ2n) is 3.89. The molecule has 0 saturated heterocycles. The summed E-state index contributed by atoms with van der Waals surface area (Å²) in [5.74, 6) is -0.460. The number of alkyl halides is 1. The third-order valence-electron chi connectivity index (χ3n) is 2.71. The normalized spacial score (nSPS) is 21.9. The van der Waals surface area contributed by atoms with Crippen molar-refractivity contribution in [1.82, 2.24) is 0 Å². The summed E-state index contributed by atoms with van der Waals surface area (Å²) < 4.78 is 4.09. The Morgan fingerprint density at radius 1 is 1.47 bits per heavy atom. The van der Waals surface area contributed by atoms with Gasteiger partial charge in [0, 0.05) is 24.6 Å². The lowest BCUT2D eigenvalue weighted by molar-refractivity contribution is -0.141. The summed E-state index contributed by atoms with van der Waals surface area (Å²) in [6, 6.07) is 7.47. The second-order valence-corrected chi connectivity index (χ2v) is 5.24. The Labute approximate surface area is 107 Å². The average molecular weight is 298 g/mol. The number of para-hydroxylation sites is 1. The highest BCUT2D eigenvalue weighted by molar-refractivity contribution is 9.10. The van der Waals surface area contributed by atoms with Crippen LogP contribution in [0.2, 0.25) is 0 Å². The van der Waals surface area contributed by atoms with Gasteiger partial charge in [-0.05, 0) is 6.07 Å². The van der Waals surface area contributed by atoms with E-state index in [0.717, 1.165) is 11.3 Å². The molecular weight excluding hydrogens is 286 g/mol. The summed E-state index contributed by atoms with van der Waals surface area (Å²) in [6.07, 6.45) is 0.412. The fourth-order valence-electron chi connectivity index (χ4n) is 1.86. The van der Waals surface area contributed by atoms with Gasteiger partial charge in [0.2, 0.25) is 5.91 Å². The van der Waals surface area contributed by atoms with Gasteiger partial charge in [-0.3, -0.25) is 9.59 Å². The molecule has 1 aliphatic heterocycles. The first-order valence-electron chi connectivity index (χ1n) is 5.27. The molecule has 90 valence electrons. The average Bonchev–Trinajstić information content (AvgIpc) is 2.52. The van der Waals surface area contributed by atoms with Crippen LogP contribution in [0.4, 0.5) is 5.69 Å². The van der Waals surface area contributed by atoms with Crippen LogP contribution in [0.25, 0.3) is 0 Å². The van der Waals surface area contributed by atoms with Crippen LogP contribution in [-0.4, -0.2) is 18.5 Å². The molecule has 5 heteroatoms. The van der Waals surface area contributed by atoms with E-state index in [0.29, 0.717) is 6.42 Å². The minimum atomic E-state index is -0.793. The fourth-order valence-corrected chi connectivity index (χ4v) is 2.47. The van der Waals surface area contributed by atoms with E-state index in [4.69, 9.17) is 4.74 Å². The van der Waals surface area contributed by atoms with Crippen LogP contribution in [0.5, 0.6) is 0 Å². The fraction of sp³-hybridized carbons (Fsp3) is 0.333. The number of esters is 1. The number of carbonyl (C=O) groups excluding carboxylic acids is 2. The Balaban J connectivity index is 2.19. The van der Waals surface area contributed by atoms with Crippen LogP contribution in [0, 0.1) is 0 Å². The Morgan fingerprint density at radius 3 is 2.88 bits per heavy atom. The predicted molar refractivity (Wildman–Crippen MR) is 66.9 cm³/mol. The molecule has 0 aromatic heterocycles. The maximum atomic E-state index is 11.9. The largest absolute Gasteiger partial charge is 0.466 e. The number of anilines is 1. The zero-order valence-electron chi connectivity index (χ0n) is 9.33. The van der Waals surface area contributed by atoms with E-state index >= 15 is 0 Å². The highest BCUT2D eigenvalue weighted by Gasteiger charge is 2.44. The molecule has 0 radical (unpaired) electrons. The van der Waals surface area contributed by atoms with Crippen molar-refractivity contribution in [2.24, 2.45) is 0 Å². The molecule has 2 rings (SSSR count). The first-order valence-corrected chi connectivity index (χ1v) is 6.06. The monoisotopic (exact) mass is 297 g/mol. The van der Waals surface area contributed by atoms with Gasteiger partial charge in [-0.15, -0.1) is 0 Å². The molecule has 1 heterocycles. The van der Waals surface area contributed by atoms with Gasteiger partial charge < -0.3 is 10.1 Å². The molecule has 0 spiro atoms. The maximum Gasteiger partial charge on any atom is 0.302 e. The van der Waals surface area contributed by atoms with Crippen LogP contribution in [-0.2, 0) is 18.7 Å². The molecule has 17 heavy (non-hydrogen) atoms. The van der Waals surface area contributed by atoms with Crippen LogP contribution in [0.1, 0.15) is 18.9 Å². The summed E-state index contributed by atoms with van der Waals surface area (Å²) in [5.41, 5.74) is 1.69. The lowest BCUT2D eigenvalue weighted by Crippen LogP contribution is -2.29. The highest BCUT2D eigenvalue weighted by Crippen LogP contribution is 2.44. The molecular formula is C12H12BrNO3. The van der Waals surface area contributed by atoms with Crippen molar-refractivity contribution in [3.05, 3.63) is 29.8 Å². The summed E-state index contributed by atoms with van der Waals surface area (Å²) in [4.78, 5) is 22.6. The lowest BCUT2D eigenvalue weighted by Gasteiger charge is -2.19. The van der Waals surface area contributed by atoms with E-state index in [9.17, 15) is 9.59 Å². The van der Waals surface area contributed by atoms with Crippen molar-refractivity contribution in [3.8, 4) is 0 Å². The van der Waals surface area contributed by atoms with Gasteiger partial charge >= 0.3 is 5.97 Å².